The van der Waals surface area contributed by atoms with Gasteiger partial charge in [0.05, 0.1) is 22.3 Å². The van der Waals surface area contributed by atoms with Gasteiger partial charge >= 0.3 is 0 Å². The largest absolute Gasteiger partial charge is 0.492 e. The first-order valence-corrected chi connectivity index (χ1v) is 10.2. The van der Waals surface area contributed by atoms with Crippen LogP contribution in [0.5, 0.6) is 5.75 Å². The van der Waals surface area contributed by atoms with Crippen molar-refractivity contribution in [3.05, 3.63) is 70.2 Å². The van der Waals surface area contributed by atoms with Crippen molar-refractivity contribution >= 4 is 51.4 Å². The Bertz CT molecular complexity index is 1160. The molecule has 1 unspecified atom stereocenters. The summed E-state index contributed by atoms with van der Waals surface area (Å²) in [6.07, 6.45) is -0.334. The van der Waals surface area contributed by atoms with E-state index in [1.807, 2.05) is 42.5 Å². The van der Waals surface area contributed by atoms with Crippen LogP contribution in [0.25, 0.3) is 10.8 Å². The Morgan fingerprint density at radius 2 is 1.83 bits per heavy atom. The fourth-order valence-electron chi connectivity index (χ4n) is 3.83. The summed E-state index contributed by atoms with van der Waals surface area (Å²) in [6.45, 7) is 1.63. The van der Waals surface area contributed by atoms with E-state index in [0.717, 1.165) is 10.8 Å². The second kappa shape index (κ2) is 7.91. The number of amides is 1. The molecule has 1 N–H and O–H groups in total. The Kier molecular flexibility index (Phi) is 5.45. The van der Waals surface area contributed by atoms with Gasteiger partial charge in [0.25, 0.3) is 5.91 Å². The number of ether oxygens (including phenoxy) is 1. The summed E-state index contributed by atoms with van der Waals surface area (Å²) in [4.78, 5) is 26.1. The third-order valence-corrected chi connectivity index (χ3v) is 5.99. The molecule has 0 fully saturated rings. The van der Waals surface area contributed by atoms with Gasteiger partial charge in [-0.3, -0.25) is 9.59 Å². The average molecular weight is 444 g/mol. The van der Waals surface area contributed by atoms with Gasteiger partial charge in [-0.25, -0.2) is 0 Å². The van der Waals surface area contributed by atoms with Gasteiger partial charge in [-0.15, -0.1) is 0 Å². The fraction of sp³-hybridized carbons (Fsp3) is 0.217. The number of fused-ring (bicyclic) bond motifs is 2. The molecule has 0 saturated heterocycles. The standard InChI is InChI=1S/C23H19Cl2NO4/c1-14(27)13-23(29)18-8-9-19(24)20(25)21(18)26(22(23)28)10-11-30-17-7-6-15-4-2-3-5-16(15)12-17/h2-9,12,29H,10-11,13H2,1H3. The van der Waals surface area contributed by atoms with E-state index in [1.165, 1.54) is 24.0 Å². The lowest BCUT2D eigenvalue weighted by molar-refractivity contribution is -0.141. The van der Waals surface area contributed by atoms with Crippen molar-refractivity contribution in [2.45, 2.75) is 18.9 Å². The summed E-state index contributed by atoms with van der Waals surface area (Å²) in [6, 6.07) is 16.7. The maximum atomic E-state index is 13.1. The zero-order valence-electron chi connectivity index (χ0n) is 16.2. The highest BCUT2D eigenvalue weighted by Crippen LogP contribution is 2.48. The van der Waals surface area contributed by atoms with Gasteiger partial charge < -0.3 is 14.7 Å². The summed E-state index contributed by atoms with van der Waals surface area (Å²) in [5.74, 6) is -0.257. The van der Waals surface area contributed by atoms with Crippen LogP contribution >= 0.6 is 23.2 Å². The number of Topliss-reactive ketones (excluding diaryl/α,β-unsaturated/α-hetero) is 1. The number of ketones is 1. The lowest BCUT2D eigenvalue weighted by Gasteiger charge is -2.22. The summed E-state index contributed by atoms with van der Waals surface area (Å²) >= 11 is 12.5. The summed E-state index contributed by atoms with van der Waals surface area (Å²) in [7, 11) is 0. The topological polar surface area (TPSA) is 66.8 Å². The highest BCUT2D eigenvalue weighted by Gasteiger charge is 2.51. The molecule has 0 aliphatic carbocycles. The Morgan fingerprint density at radius 3 is 2.57 bits per heavy atom. The first kappa shape index (κ1) is 20.7. The second-order valence-corrected chi connectivity index (χ2v) is 8.10. The van der Waals surface area contributed by atoms with Crippen LogP contribution in [-0.2, 0) is 15.2 Å². The number of aliphatic hydroxyl groups is 1. The van der Waals surface area contributed by atoms with Crippen LogP contribution in [0.2, 0.25) is 10.0 Å². The van der Waals surface area contributed by atoms with Gasteiger partial charge in [-0.2, -0.15) is 0 Å². The molecule has 1 aliphatic rings. The number of carbonyl (C=O) groups excluding carboxylic acids is 2. The van der Waals surface area contributed by atoms with E-state index in [2.05, 4.69) is 0 Å². The Morgan fingerprint density at radius 1 is 1.10 bits per heavy atom. The molecule has 0 radical (unpaired) electrons. The maximum Gasteiger partial charge on any atom is 0.264 e. The minimum absolute atomic E-state index is 0.138. The molecule has 1 aliphatic heterocycles. The maximum absolute atomic E-state index is 13.1. The fourth-order valence-corrected chi connectivity index (χ4v) is 4.25. The van der Waals surface area contributed by atoms with E-state index in [4.69, 9.17) is 27.9 Å². The lowest BCUT2D eigenvalue weighted by atomic mass is 9.90. The predicted molar refractivity (Wildman–Crippen MR) is 117 cm³/mol. The molecule has 0 spiro atoms. The third kappa shape index (κ3) is 3.54. The molecule has 7 heteroatoms. The van der Waals surface area contributed by atoms with Crippen molar-refractivity contribution in [3.8, 4) is 5.75 Å². The van der Waals surface area contributed by atoms with E-state index in [1.54, 1.807) is 0 Å². The molecule has 5 nitrogen and oxygen atoms in total. The molecule has 3 aromatic rings. The highest BCUT2D eigenvalue weighted by molar-refractivity contribution is 6.44. The van der Waals surface area contributed by atoms with Gasteiger partial charge in [-0.1, -0.05) is 59.6 Å². The monoisotopic (exact) mass is 443 g/mol. The zero-order chi connectivity index (χ0) is 21.5. The van der Waals surface area contributed by atoms with Crippen molar-refractivity contribution in [3.63, 3.8) is 0 Å². The van der Waals surface area contributed by atoms with Crippen molar-refractivity contribution < 1.29 is 19.4 Å². The number of anilines is 1. The Labute approximate surface area is 183 Å². The van der Waals surface area contributed by atoms with E-state index < -0.39 is 11.5 Å². The minimum atomic E-state index is -1.96. The molecule has 4 rings (SSSR count). The van der Waals surface area contributed by atoms with E-state index in [9.17, 15) is 14.7 Å². The highest BCUT2D eigenvalue weighted by atomic mass is 35.5. The minimum Gasteiger partial charge on any atom is -0.492 e. The molecule has 3 aromatic carbocycles. The first-order valence-electron chi connectivity index (χ1n) is 9.45. The predicted octanol–water partition coefficient (Wildman–Crippen LogP) is 4.74. The van der Waals surface area contributed by atoms with Crippen LogP contribution in [0.4, 0.5) is 5.69 Å². The van der Waals surface area contributed by atoms with Gasteiger partial charge in [0, 0.05) is 12.0 Å². The Balaban J connectivity index is 1.58. The van der Waals surface area contributed by atoms with Crippen LogP contribution in [0.3, 0.4) is 0 Å². The number of carbonyl (C=O) groups is 2. The first-order chi connectivity index (χ1) is 14.3. The summed E-state index contributed by atoms with van der Waals surface area (Å²) in [5.41, 5.74) is -1.36. The zero-order valence-corrected chi connectivity index (χ0v) is 17.7. The van der Waals surface area contributed by atoms with E-state index in [0.29, 0.717) is 11.4 Å². The normalized spacial score (nSPS) is 18.0. The van der Waals surface area contributed by atoms with Crippen LogP contribution in [0.15, 0.2) is 54.6 Å². The van der Waals surface area contributed by atoms with Crippen molar-refractivity contribution in [2.75, 3.05) is 18.1 Å². The van der Waals surface area contributed by atoms with Crippen LogP contribution in [-0.4, -0.2) is 29.9 Å². The number of rotatable bonds is 6. The number of hydrogen-bond acceptors (Lipinski definition) is 4. The quantitative estimate of drug-likeness (QED) is 0.597. The second-order valence-electron chi connectivity index (χ2n) is 7.31. The third-order valence-electron chi connectivity index (χ3n) is 5.19. The smallest absolute Gasteiger partial charge is 0.264 e. The molecule has 1 heterocycles. The van der Waals surface area contributed by atoms with E-state index in [-0.39, 0.29) is 41.0 Å². The lowest BCUT2D eigenvalue weighted by Crippen LogP contribution is -2.43. The Hall–Kier alpha value is -2.60. The SMILES string of the molecule is CC(=O)CC1(O)C(=O)N(CCOc2ccc3ccccc3c2)c2c1ccc(Cl)c2Cl. The number of benzene rings is 3. The van der Waals surface area contributed by atoms with E-state index >= 15 is 0 Å². The molecular weight excluding hydrogens is 425 g/mol. The molecule has 30 heavy (non-hydrogen) atoms. The van der Waals surface area contributed by atoms with Gasteiger partial charge in [0.2, 0.25) is 0 Å². The van der Waals surface area contributed by atoms with Crippen molar-refractivity contribution in [1.82, 2.24) is 0 Å². The van der Waals surface area contributed by atoms with Gasteiger partial charge in [-0.05, 0) is 35.9 Å². The van der Waals surface area contributed by atoms with Crippen molar-refractivity contribution in [1.29, 1.82) is 0 Å². The van der Waals surface area contributed by atoms with Crippen LogP contribution in [0, 0.1) is 0 Å². The molecule has 0 saturated carbocycles. The van der Waals surface area contributed by atoms with Crippen LogP contribution < -0.4 is 9.64 Å². The molecule has 0 aromatic heterocycles. The molecule has 0 bridgehead atoms. The summed E-state index contributed by atoms with van der Waals surface area (Å²) < 4.78 is 5.84. The molecule has 1 amide bonds. The van der Waals surface area contributed by atoms with Crippen LogP contribution in [0.1, 0.15) is 18.9 Å². The average Bonchev–Trinajstić information content (AvgIpc) is 2.92. The molecule has 154 valence electrons. The number of hydrogen-bond donors (Lipinski definition) is 1. The van der Waals surface area contributed by atoms with Crippen molar-refractivity contribution in [2.24, 2.45) is 0 Å². The molecular formula is C23H19Cl2NO4. The molecule has 1 atom stereocenters. The number of halogens is 2. The van der Waals surface area contributed by atoms with Gasteiger partial charge in [0.1, 0.15) is 18.1 Å². The number of nitrogens with zero attached hydrogens (tertiary/aromatic N) is 1. The summed E-state index contributed by atoms with van der Waals surface area (Å²) in [5, 5.41) is 13.6. The van der Waals surface area contributed by atoms with Gasteiger partial charge in [0.15, 0.2) is 5.60 Å².